The van der Waals surface area contributed by atoms with Crippen molar-refractivity contribution in [3.05, 3.63) is 35.4 Å². The Morgan fingerprint density at radius 3 is 2.24 bits per heavy atom. The highest BCUT2D eigenvalue weighted by atomic mass is 32.2. The van der Waals surface area contributed by atoms with Gasteiger partial charge >= 0.3 is 0 Å². The standard InChI is InChI=1S/C16H21NO3S/c1-15(2,3)13-6-4-12(5-7-13)14(18)16(10-17)8-9-21(19,20)11-16/h4-7,14,18H,8-9,11H2,1-3H3. The first-order chi connectivity index (χ1) is 9.60. The van der Waals surface area contributed by atoms with Crippen molar-refractivity contribution in [2.45, 2.75) is 38.7 Å². The van der Waals surface area contributed by atoms with E-state index in [0.29, 0.717) is 5.56 Å². The molecule has 2 unspecified atom stereocenters. The van der Waals surface area contributed by atoms with Crippen LogP contribution >= 0.6 is 0 Å². The molecule has 1 N–H and O–H groups in total. The predicted molar refractivity (Wildman–Crippen MR) is 81.4 cm³/mol. The lowest BCUT2D eigenvalue weighted by Crippen LogP contribution is -2.29. The van der Waals surface area contributed by atoms with Crippen LogP contribution < -0.4 is 0 Å². The van der Waals surface area contributed by atoms with Crippen molar-refractivity contribution in [2.75, 3.05) is 11.5 Å². The summed E-state index contributed by atoms with van der Waals surface area (Å²) in [5.41, 5.74) is 0.514. The summed E-state index contributed by atoms with van der Waals surface area (Å²) in [5, 5.41) is 19.9. The van der Waals surface area contributed by atoms with Crippen molar-refractivity contribution in [1.29, 1.82) is 5.26 Å². The van der Waals surface area contributed by atoms with Gasteiger partial charge in [-0.3, -0.25) is 0 Å². The van der Waals surface area contributed by atoms with Crippen molar-refractivity contribution >= 4 is 9.84 Å². The second-order valence-electron chi connectivity index (χ2n) is 6.88. The van der Waals surface area contributed by atoms with Gasteiger partial charge in [-0.1, -0.05) is 45.0 Å². The van der Waals surface area contributed by atoms with Gasteiger partial charge in [-0.2, -0.15) is 5.26 Å². The van der Waals surface area contributed by atoms with Crippen molar-refractivity contribution in [3.8, 4) is 6.07 Å². The van der Waals surface area contributed by atoms with E-state index in [0.717, 1.165) is 5.56 Å². The van der Waals surface area contributed by atoms with Crippen LogP contribution in [0.15, 0.2) is 24.3 Å². The predicted octanol–water partition coefficient (Wildman–Crippen LogP) is 2.35. The van der Waals surface area contributed by atoms with Crippen LogP contribution in [-0.4, -0.2) is 25.0 Å². The number of sulfone groups is 1. The average Bonchev–Trinajstić information content (AvgIpc) is 2.74. The van der Waals surface area contributed by atoms with Crippen molar-refractivity contribution in [2.24, 2.45) is 5.41 Å². The molecule has 5 heteroatoms. The molecule has 1 aromatic rings. The fraction of sp³-hybridized carbons (Fsp3) is 0.562. The Bertz CT molecular complexity index is 665. The molecule has 0 bridgehead atoms. The van der Waals surface area contributed by atoms with Crippen molar-refractivity contribution in [3.63, 3.8) is 0 Å². The molecule has 21 heavy (non-hydrogen) atoms. The van der Waals surface area contributed by atoms with Crippen LogP contribution in [0.1, 0.15) is 44.4 Å². The maximum absolute atomic E-state index is 11.7. The van der Waals surface area contributed by atoms with Crippen LogP contribution in [0.4, 0.5) is 0 Å². The van der Waals surface area contributed by atoms with E-state index in [9.17, 15) is 18.8 Å². The molecule has 1 aromatic carbocycles. The highest BCUT2D eigenvalue weighted by Gasteiger charge is 2.48. The number of benzene rings is 1. The summed E-state index contributed by atoms with van der Waals surface area (Å²) < 4.78 is 23.3. The number of rotatable bonds is 2. The second kappa shape index (κ2) is 5.11. The van der Waals surface area contributed by atoms with E-state index in [1.807, 2.05) is 18.2 Å². The van der Waals surface area contributed by atoms with E-state index in [1.54, 1.807) is 12.1 Å². The quantitative estimate of drug-likeness (QED) is 0.909. The fourth-order valence-electron chi connectivity index (χ4n) is 2.72. The van der Waals surface area contributed by atoms with Crippen molar-refractivity contribution < 1.29 is 13.5 Å². The molecule has 0 radical (unpaired) electrons. The molecule has 1 heterocycles. The molecule has 4 nitrogen and oxygen atoms in total. The topological polar surface area (TPSA) is 78.2 Å². The monoisotopic (exact) mass is 307 g/mol. The Hall–Kier alpha value is -1.38. The molecule has 0 amide bonds. The maximum atomic E-state index is 11.7. The third-order valence-corrected chi connectivity index (χ3v) is 5.96. The van der Waals surface area contributed by atoms with Crippen LogP contribution in [-0.2, 0) is 15.3 Å². The molecule has 1 saturated heterocycles. The fourth-order valence-corrected chi connectivity index (χ4v) is 4.70. The first-order valence-electron chi connectivity index (χ1n) is 7.00. The summed E-state index contributed by atoms with van der Waals surface area (Å²) in [6.07, 6.45) is -0.887. The zero-order valence-electron chi connectivity index (χ0n) is 12.6. The smallest absolute Gasteiger partial charge is 0.152 e. The van der Waals surface area contributed by atoms with Gasteiger partial charge in [0.25, 0.3) is 0 Å². The van der Waals surface area contributed by atoms with E-state index in [2.05, 4.69) is 20.8 Å². The summed E-state index contributed by atoms with van der Waals surface area (Å²) in [6, 6.07) is 9.47. The van der Waals surface area contributed by atoms with Gasteiger partial charge < -0.3 is 5.11 Å². The molecule has 2 rings (SSSR count). The van der Waals surface area contributed by atoms with Crippen LogP contribution in [0.5, 0.6) is 0 Å². The van der Waals surface area contributed by atoms with E-state index < -0.39 is 21.4 Å². The lowest BCUT2D eigenvalue weighted by Gasteiger charge is -2.27. The summed E-state index contributed by atoms with van der Waals surface area (Å²) in [7, 11) is -3.23. The Morgan fingerprint density at radius 2 is 1.86 bits per heavy atom. The SMILES string of the molecule is CC(C)(C)c1ccc(C(O)C2(C#N)CCS(=O)(=O)C2)cc1. The highest BCUT2D eigenvalue weighted by molar-refractivity contribution is 7.91. The van der Waals surface area contributed by atoms with E-state index in [4.69, 9.17) is 0 Å². The van der Waals surface area contributed by atoms with E-state index in [-0.39, 0.29) is 23.3 Å². The zero-order chi connectivity index (χ0) is 15.9. The minimum Gasteiger partial charge on any atom is -0.387 e. The number of aliphatic hydroxyl groups is 1. The maximum Gasteiger partial charge on any atom is 0.152 e. The van der Waals surface area contributed by atoms with E-state index in [1.165, 1.54) is 0 Å². The lowest BCUT2D eigenvalue weighted by molar-refractivity contribution is 0.0793. The molecule has 0 spiro atoms. The Morgan fingerprint density at radius 1 is 1.29 bits per heavy atom. The normalized spacial score (nSPS) is 26.2. The van der Waals surface area contributed by atoms with Gasteiger partial charge in [0.1, 0.15) is 5.41 Å². The minimum atomic E-state index is -3.23. The van der Waals surface area contributed by atoms with Gasteiger partial charge in [-0.05, 0) is 23.0 Å². The molecule has 2 atom stereocenters. The Balaban J connectivity index is 2.32. The molecule has 1 fully saturated rings. The number of aliphatic hydroxyl groups excluding tert-OH is 1. The van der Waals surface area contributed by atoms with Gasteiger partial charge in [0.2, 0.25) is 0 Å². The molecule has 0 aromatic heterocycles. The summed E-state index contributed by atoms with van der Waals surface area (Å²) >= 11 is 0. The number of nitrogens with zero attached hydrogens (tertiary/aromatic N) is 1. The van der Waals surface area contributed by atoms with Crippen LogP contribution in [0.25, 0.3) is 0 Å². The third kappa shape index (κ3) is 3.12. The summed E-state index contributed by atoms with van der Waals surface area (Å²) in [5.74, 6) is -0.295. The van der Waals surface area contributed by atoms with Crippen LogP contribution in [0.3, 0.4) is 0 Å². The second-order valence-corrected chi connectivity index (χ2v) is 9.07. The minimum absolute atomic E-state index is 0.00704. The van der Waals surface area contributed by atoms with Gasteiger partial charge in [0.05, 0.1) is 23.7 Å². The Kier molecular flexibility index (Phi) is 3.90. The van der Waals surface area contributed by atoms with Crippen molar-refractivity contribution in [1.82, 2.24) is 0 Å². The molecular formula is C16H21NO3S. The van der Waals surface area contributed by atoms with Gasteiger partial charge in [0, 0.05) is 0 Å². The average molecular weight is 307 g/mol. The lowest BCUT2D eigenvalue weighted by atomic mass is 9.79. The molecule has 1 aliphatic heterocycles. The summed E-state index contributed by atoms with van der Waals surface area (Å²) in [6.45, 7) is 6.29. The Labute approximate surface area is 126 Å². The third-order valence-electron chi connectivity index (χ3n) is 4.18. The summed E-state index contributed by atoms with van der Waals surface area (Å²) in [4.78, 5) is 0. The molecular weight excluding hydrogens is 286 g/mol. The first-order valence-corrected chi connectivity index (χ1v) is 8.82. The van der Waals surface area contributed by atoms with Gasteiger partial charge in [0.15, 0.2) is 9.84 Å². The van der Waals surface area contributed by atoms with Crippen LogP contribution in [0, 0.1) is 16.7 Å². The molecule has 114 valence electrons. The molecule has 0 aliphatic carbocycles. The largest absolute Gasteiger partial charge is 0.387 e. The van der Waals surface area contributed by atoms with E-state index >= 15 is 0 Å². The van der Waals surface area contributed by atoms with Gasteiger partial charge in [-0.15, -0.1) is 0 Å². The van der Waals surface area contributed by atoms with Crippen LogP contribution in [0.2, 0.25) is 0 Å². The van der Waals surface area contributed by atoms with Gasteiger partial charge in [-0.25, -0.2) is 8.42 Å². The number of nitriles is 1. The first kappa shape index (κ1) is 16.0. The molecule has 0 saturated carbocycles. The number of hydrogen-bond acceptors (Lipinski definition) is 4. The highest BCUT2D eigenvalue weighted by Crippen LogP contribution is 2.43. The zero-order valence-corrected chi connectivity index (χ0v) is 13.4. The molecule has 1 aliphatic rings. The number of hydrogen-bond donors (Lipinski definition) is 1.